The molecule has 0 aliphatic carbocycles. The van der Waals surface area contributed by atoms with Crippen LogP contribution in [-0.2, 0) is 16.1 Å². The lowest BCUT2D eigenvalue weighted by atomic mass is 10.1. The number of carbonyl (C=O) groups excluding carboxylic acids is 1. The van der Waals surface area contributed by atoms with Crippen molar-refractivity contribution in [3.8, 4) is 0 Å². The average Bonchev–Trinajstić information content (AvgIpc) is 2.45. The summed E-state index contributed by atoms with van der Waals surface area (Å²) in [7, 11) is 1.55. The maximum absolute atomic E-state index is 11.6. The zero-order chi connectivity index (χ0) is 14.8. The summed E-state index contributed by atoms with van der Waals surface area (Å²) in [6.07, 6.45) is 4.14. The van der Waals surface area contributed by atoms with E-state index in [2.05, 4.69) is 15.6 Å². The Bertz CT molecular complexity index is 425. The first kappa shape index (κ1) is 15.9. The molecular formula is C13H19N3O4. The van der Waals surface area contributed by atoms with Crippen LogP contribution in [0.15, 0.2) is 24.5 Å². The molecule has 0 bridgehead atoms. The van der Waals surface area contributed by atoms with Crippen molar-refractivity contribution in [3.63, 3.8) is 0 Å². The molecule has 1 heterocycles. The Morgan fingerprint density at radius 3 is 2.70 bits per heavy atom. The molecule has 0 fully saturated rings. The number of methoxy groups -OCH3 is 1. The zero-order valence-corrected chi connectivity index (χ0v) is 11.3. The molecule has 0 aromatic carbocycles. The lowest BCUT2D eigenvalue weighted by molar-refractivity contribution is -0.139. The fraction of sp³-hybridized carbons (Fsp3) is 0.462. The molecule has 1 aromatic heterocycles. The van der Waals surface area contributed by atoms with Crippen molar-refractivity contribution in [3.05, 3.63) is 30.1 Å². The van der Waals surface area contributed by atoms with E-state index >= 15 is 0 Å². The highest BCUT2D eigenvalue weighted by Gasteiger charge is 2.19. The summed E-state index contributed by atoms with van der Waals surface area (Å²) in [6, 6.07) is 2.12. The summed E-state index contributed by atoms with van der Waals surface area (Å²) >= 11 is 0. The van der Waals surface area contributed by atoms with Crippen LogP contribution in [0.2, 0.25) is 0 Å². The Balaban J connectivity index is 2.36. The van der Waals surface area contributed by atoms with Crippen molar-refractivity contribution in [1.29, 1.82) is 0 Å². The Labute approximate surface area is 117 Å². The van der Waals surface area contributed by atoms with Gasteiger partial charge in [0.2, 0.25) is 0 Å². The van der Waals surface area contributed by atoms with Gasteiger partial charge in [-0.25, -0.2) is 9.59 Å². The van der Waals surface area contributed by atoms with Gasteiger partial charge in [-0.1, -0.05) is 0 Å². The van der Waals surface area contributed by atoms with Crippen molar-refractivity contribution in [2.75, 3.05) is 13.7 Å². The largest absolute Gasteiger partial charge is 0.480 e. The van der Waals surface area contributed by atoms with Gasteiger partial charge in [-0.2, -0.15) is 0 Å². The number of hydrogen-bond acceptors (Lipinski definition) is 4. The van der Waals surface area contributed by atoms with Gasteiger partial charge in [-0.05, 0) is 30.5 Å². The molecule has 0 saturated heterocycles. The van der Waals surface area contributed by atoms with Gasteiger partial charge in [0.05, 0.1) is 0 Å². The van der Waals surface area contributed by atoms with Gasteiger partial charge in [0.15, 0.2) is 0 Å². The molecule has 1 unspecified atom stereocenters. The van der Waals surface area contributed by atoms with E-state index < -0.39 is 18.0 Å². The van der Waals surface area contributed by atoms with Crippen molar-refractivity contribution >= 4 is 12.0 Å². The van der Waals surface area contributed by atoms with Gasteiger partial charge < -0.3 is 20.5 Å². The van der Waals surface area contributed by atoms with E-state index in [1.807, 2.05) is 0 Å². The van der Waals surface area contributed by atoms with E-state index in [-0.39, 0.29) is 0 Å². The summed E-state index contributed by atoms with van der Waals surface area (Å²) in [5.74, 6) is -1.06. The molecule has 7 nitrogen and oxygen atoms in total. The normalized spacial score (nSPS) is 11.7. The van der Waals surface area contributed by atoms with Crippen LogP contribution in [0.25, 0.3) is 0 Å². The summed E-state index contributed by atoms with van der Waals surface area (Å²) in [6.45, 7) is 0.781. The number of carbonyl (C=O) groups is 2. The van der Waals surface area contributed by atoms with Crippen LogP contribution in [0.5, 0.6) is 0 Å². The van der Waals surface area contributed by atoms with Crippen molar-refractivity contribution < 1.29 is 19.4 Å². The Morgan fingerprint density at radius 2 is 2.10 bits per heavy atom. The van der Waals surface area contributed by atoms with E-state index in [1.54, 1.807) is 31.6 Å². The predicted octanol–water partition coefficient (Wildman–Crippen LogP) is 0.761. The highest BCUT2D eigenvalue weighted by molar-refractivity contribution is 5.82. The molecule has 1 atom stereocenters. The fourth-order valence-electron chi connectivity index (χ4n) is 1.58. The summed E-state index contributed by atoms with van der Waals surface area (Å²) in [5.41, 5.74) is 0.890. The summed E-state index contributed by atoms with van der Waals surface area (Å²) in [4.78, 5) is 26.5. The quantitative estimate of drug-likeness (QED) is 0.611. The number of aliphatic carboxylic acids is 1. The number of hydrogen-bond donors (Lipinski definition) is 3. The second kappa shape index (κ2) is 8.87. The van der Waals surface area contributed by atoms with Crippen molar-refractivity contribution in [2.45, 2.75) is 25.4 Å². The van der Waals surface area contributed by atoms with Crippen LogP contribution >= 0.6 is 0 Å². The van der Waals surface area contributed by atoms with Crippen LogP contribution in [0, 0.1) is 0 Å². The topological polar surface area (TPSA) is 101 Å². The number of rotatable bonds is 8. The van der Waals surface area contributed by atoms with Gasteiger partial charge in [0.1, 0.15) is 6.04 Å². The first-order valence-corrected chi connectivity index (χ1v) is 6.28. The number of nitrogens with zero attached hydrogens (tertiary/aromatic N) is 1. The SMILES string of the molecule is COCCCC(NC(=O)NCc1ccncc1)C(=O)O. The molecule has 7 heteroatoms. The number of amides is 2. The number of pyridine rings is 1. The summed E-state index contributed by atoms with van der Waals surface area (Å²) in [5, 5.41) is 14.0. The Morgan fingerprint density at radius 1 is 1.40 bits per heavy atom. The van der Waals surface area contributed by atoms with Gasteiger partial charge in [0.25, 0.3) is 0 Å². The average molecular weight is 281 g/mol. The summed E-state index contributed by atoms with van der Waals surface area (Å²) < 4.78 is 4.86. The molecule has 0 aliphatic heterocycles. The van der Waals surface area contributed by atoms with Gasteiger partial charge in [-0.3, -0.25) is 4.98 Å². The first-order chi connectivity index (χ1) is 9.63. The van der Waals surface area contributed by atoms with Crippen LogP contribution in [0.1, 0.15) is 18.4 Å². The standard InChI is InChI=1S/C13H19N3O4/c1-20-8-2-3-11(12(17)18)16-13(19)15-9-10-4-6-14-7-5-10/h4-7,11H,2-3,8-9H2,1H3,(H,17,18)(H2,15,16,19). The molecule has 2 amide bonds. The third-order valence-electron chi connectivity index (χ3n) is 2.65. The number of urea groups is 1. The third-order valence-corrected chi connectivity index (χ3v) is 2.65. The molecule has 1 rings (SSSR count). The molecule has 3 N–H and O–H groups in total. The maximum atomic E-state index is 11.6. The Kier molecular flexibility index (Phi) is 7.05. The molecule has 20 heavy (non-hydrogen) atoms. The van der Waals surface area contributed by atoms with Crippen LogP contribution in [-0.4, -0.2) is 41.8 Å². The number of carboxylic acid groups (broad SMARTS) is 1. The predicted molar refractivity (Wildman–Crippen MR) is 72.1 cm³/mol. The van der Waals surface area contributed by atoms with E-state index in [4.69, 9.17) is 9.84 Å². The van der Waals surface area contributed by atoms with E-state index in [0.29, 0.717) is 26.0 Å². The minimum absolute atomic E-state index is 0.318. The number of aromatic nitrogens is 1. The van der Waals surface area contributed by atoms with E-state index in [9.17, 15) is 9.59 Å². The molecule has 1 aromatic rings. The zero-order valence-electron chi connectivity index (χ0n) is 11.3. The Hall–Kier alpha value is -2.15. The number of carboxylic acids is 1. The highest BCUT2D eigenvalue weighted by Crippen LogP contribution is 1.99. The first-order valence-electron chi connectivity index (χ1n) is 6.28. The maximum Gasteiger partial charge on any atom is 0.326 e. The second-order valence-electron chi connectivity index (χ2n) is 4.21. The monoisotopic (exact) mass is 281 g/mol. The van der Waals surface area contributed by atoms with Crippen LogP contribution in [0.4, 0.5) is 4.79 Å². The van der Waals surface area contributed by atoms with E-state index in [1.165, 1.54) is 0 Å². The van der Waals surface area contributed by atoms with Crippen LogP contribution < -0.4 is 10.6 Å². The van der Waals surface area contributed by atoms with Gasteiger partial charge in [0, 0.05) is 32.7 Å². The molecule has 0 saturated carbocycles. The second-order valence-corrected chi connectivity index (χ2v) is 4.21. The highest BCUT2D eigenvalue weighted by atomic mass is 16.5. The van der Waals surface area contributed by atoms with Crippen molar-refractivity contribution in [1.82, 2.24) is 15.6 Å². The van der Waals surface area contributed by atoms with Gasteiger partial charge in [-0.15, -0.1) is 0 Å². The fourth-order valence-corrected chi connectivity index (χ4v) is 1.58. The van der Waals surface area contributed by atoms with Crippen LogP contribution in [0.3, 0.4) is 0 Å². The third kappa shape index (κ3) is 6.14. The smallest absolute Gasteiger partial charge is 0.326 e. The molecule has 0 radical (unpaired) electrons. The lowest BCUT2D eigenvalue weighted by Crippen LogP contribution is -2.45. The minimum Gasteiger partial charge on any atom is -0.480 e. The number of nitrogens with one attached hydrogen (secondary N) is 2. The molecule has 0 spiro atoms. The minimum atomic E-state index is -1.06. The van der Waals surface area contributed by atoms with E-state index in [0.717, 1.165) is 5.56 Å². The van der Waals surface area contributed by atoms with Gasteiger partial charge >= 0.3 is 12.0 Å². The molecule has 0 aliphatic rings. The molecular weight excluding hydrogens is 262 g/mol. The number of ether oxygens (including phenoxy) is 1. The van der Waals surface area contributed by atoms with Crippen molar-refractivity contribution in [2.24, 2.45) is 0 Å². The lowest BCUT2D eigenvalue weighted by Gasteiger charge is -2.15. The molecule has 110 valence electrons.